The van der Waals surface area contributed by atoms with E-state index in [1.165, 1.54) is 0 Å². The van der Waals surface area contributed by atoms with Gasteiger partial charge in [-0.2, -0.15) is 11.8 Å². The van der Waals surface area contributed by atoms with E-state index in [1.807, 2.05) is 24.3 Å². The first-order valence-electron chi connectivity index (χ1n) is 6.24. The minimum absolute atomic E-state index is 0.132. The molecule has 1 rings (SSSR count). The summed E-state index contributed by atoms with van der Waals surface area (Å²) in [7, 11) is 1.80. The van der Waals surface area contributed by atoms with Crippen LogP contribution in [0.2, 0.25) is 0 Å². The van der Waals surface area contributed by atoms with Crippen molar-refractivity contribution in [1.82, 2.24) is 0 Å². The van der Waals surface area contributed by atoms with Crippen molar-refractivity contribution in [3.05, 3.63) is 24.3 Å². The van der Waals surface area contributed by atoms with E-state index in [0.717, 1.165) is 17.9 Å². The molecule has 4 heteroatoms. The second-order valence-electron chi connectivity index (χ2n) is 4.57. The van der Waals surface area contributed by atoms with E-state index in [0.29, 0.717) is 17.4 Å². The summed E-state index contributed by atoms with van der Waals surface area (Å²) in [4.78, 5) is 13.7. The average Bonchev–Trinajstić information content (AvgIpc) is 2.38. The zero-order valence-corrected chi connectivity index (χ0v) is 12.2. The van der Waals surface area contributed by atoms with Crippen LogP contribution < -0.4 is 10.6 Å². The highest BCUT2D eigenvalue weighted by molar-refractivity contribution is 7.99. The summed E-state index contributed by atoms with van der Waals surface area (Å²) in [5, 5.41) is 0. The van der Waals surface area contributed by atoms with Crippen LogP contribution in [0, 0.1) is 5.92 Å². The molecule has 0 radical (unpaired) electrons. The Bertz CT molecular complexity index is 378. The fraction of sp³-hybridized carbons (Fsp3) is 0.500. The number of thioether (sulfide) groups is 1. The lowest BCUT2D eigenvalue weighted by Crippen LogP contribution is -2.28. The van der Waals surface area contributed by atoms with Crippen molar-refractivity contribution in [3.8, 4) is 0 Å². The van der Waals surface area contributed by atoms with Gasteiger partial charge < -0.3 is 10.6 Å². The number of carbonyl (C=O) groups is 1. The summed E-state index contributed by atoms with van der Waals surface area (Å²) < 4.78 is 0. The van der Waals surface area contributed by atoms with Gasteiger partial charge in [-0.25, -0.2) is 0 Å². The summed E-state index contributed by atoms with van der Waals surface area (Å²) in [6, 6.07) is 7.36. The van der Waals surface area contributed by atoms with Crippen molar-refractivity contribution in [2.45, 2.75) is 20.3 Å². The van der Waals surface area contributed by atoms with Crippen LogP contribution in [0.1, 0.15) is 20.3 Å². The Labute approximate surface area is 114 Å². The number of anilines is 2. The molecular formula is C14H22N2OS. The molecule has 1 atom stereocenters. The smallest absolute Gasteiger partial charge is 0.236 e. The number of carbonyl (C=O) groups excluding carboxylic acids is 1. The molecule has 1 amide bonds. The van der Waals surface area contributed by atoms with Crippen LogP contribution in [-0.4, -0.2) is 24.5 Å². The zero-order chi connectivity index (χ0) is 13.5. The van der Waals surface area contributed by atoms with E-state index in [9.17, 15) is 4.79 Å². The quantitative estimate of drug-likeness (QED) is 0.805. The first-order valence-corrected chi connectivity index (χ1v) is 7.40. The zero-order valence-electron chi connectivity index (χ0n) is 11.3. The van der Waals surface area contributed by atoms with Crippen LogP contribution in [0.3, 0.4) is 0 Å². The highest BCUT2D eigenvalue weighted by Crippen LogP contribution is 2.17. The number of rotatable bonds is 6. The minimum atomic E-state index is 0.132. The lowest BCUT2D eigenvalue weighted by Gasteiger charge is -2.17. The van der Waals surface area contributed by atoms with Crippen LogP contribution in [0.4, 0.5) is 11.4 Å². The molecule has 0 heterocycles. The molecule has 0 aliphatic heterocycles. The normalized spacial score (nSPS) is 12.2. The average molecular weight is 266 g/mol. The predicted molar refractivity (Wildman–Crippen MR) is 81.0 cm³/mol. The van der Waals surface area contributed by atoms with E-state index in [2.05, 4.69) is 13.8 Å². The van der Waals surface area contributed by atoms with Gasteiger partial charge in [0, 0.05) is 18.4 Å². The number of nitrogens with two attached hydrogens (primary N) is 1. The van der Waals surface area contributed by atoms with Gasteiger partial charge in [0.05, 0.1) is 5.75 Å². The van der Waals surface area contributed by atoms with Gasteiger partial charge >= 0.3 is 0 Å². The van der Waals surface area contributed by atoms with E-state index < -0.39 is 0 Å². The van der Waals surface area contributed by atoms with Crippen LogP contribution in [-0.2, 0) is 4.79 Å². The molecule has 0 aliphatic carbocycles. The Morgan fingerprint density at radius 1 is 1.39 bits per heavy atom. The maximum atomic E-state index is 12.0. The number of nitrogen functional groups attached to an aromatic ring is 1. The first kappa shape index (κ1) is 14.9. The van der Waals surface area contributed by atoms with Crippen LogP contribution in [0.25, 0.3) is 0 Å². The van der Waals surface area contributed by atoms with Crippen molar-refractivity contribution in [2.24, 2.45) is 5.92 Å². The van der Waals surface area contributed by atoms with Gasteiger partial charge in [0.25, 0.3) is 0 Å². The highest BCUT2D eigenvalue weighted by atomic mass is 32.2. The third-order valence-corrected chi connectivity index (χ3v) is 4.24. The second-order valence-corrected chi connectivity index (χ2v) is 5.60. The maximum Gasteiger partial charge on any atom is 0.236 e. The lowest BCUT2D eigenvalue weighted by molar-refractivity contribution is -0.115. The van der Waals surface area contributed by atoms with E-state index in [-0.39, 0.29) is 5.91 Å². The van der Waals surface area contributed by atoms with Crippen molar-refractivity contribution >= 4 is 29.0 Å². The van der Waals surface area contributed by atoms with Gasteiger partial charge in [-0.05, 0) is 35.9 Å². The van der Waals surface area contributed by atoms with E-state index in [1.54, 1.807) is 23.7 Å². The van der Waals surface area contributed by atoms with Crippen molar-refractivity contribution in [3.63, 3.8) is 0 Å². The number of amides is 1. The Balaban J connectivity index is 2.44. The fourth-order valence-electron chi connectivity index (χ4n) is 1.40. The van der Waals surface area contributed by atoms with E-state index in [4.69, 9.17) is 5.73 Å². The van der Waals surface area contributed by atoms with Gasteiger partial charge in [-0.15, -0.1) is 0 Å². The van der Waals surface area contributed by atoms with Crippen molar-refractivity contribution in [1.29, 1.82) is 0 Å². The number of hydrogen-bond donors (Lipinski definition) is 1. The number of hydrogen-bond acceptors (Lipinski definition) is 3. The lowest BCUT2D eigenvalue weighted by atomic mass is 10.2. The van der Waals surface area contributed by atoms with Crippen LogP contribution in [0.5, 0.6) is 0 Å². The molecule has 1 aromatic carbocycles. The highest BCUT2D eigenvalue weighted by Gasteiger charge is 2.11. The van der Waals surface area contributed by atoms with Gasteiger partial charge in [-0.1, -0.05) is 20.3 Å². The molecule has 0 aromatic heterocycles. The Kier molecular flexibility index (Phi) is 6.05. The molecule has 0 aliphatic rings. The van der Waals surface area contributed by atoms with Gasteiger partial charge in [-0.3, -0.25) is 4.79 Å². The first-order chi connectivity index (χ1) is 8.54. The summed E-state index contributed by atoms with van der Waals surface area (Å²) in [6.07, 6.45) is 1.16. The molecule has 1 aromatic rings. The van der Waals surface area contributed by atoms with Crippen molar-refractivity contribution in [2.75, 3.05) is 29.2 Å². The Morgan fingerprint density at radius 3 is 2.56 bits per heavy atom. The maximum absolute atomic E-state index is 12.0. The standard InChI is InChI=1S/C14H22N2OS/c1-4-11(2)9-18-10-14(17)16(3)13-7-5-12(15)6-8-13/h5-8,11H,4,9-10,15H2,1-3H3. The fourth-order valence-corrected chi connectivity index (χ4v) is 2.53. The summed E-state index contributed by atoms with van der Waals surface area (Å²) in [5.41, 5.74) is 7.23. The van der Waals surface area contributed by atoms with Crippen molar-refractivity contribution < 1.29 is 4.79 Å². The topological polar surface area (TPSA) is 46.3 Å². The van der Waals surface area contributed by atoms with Gasteiger partial charge in [0.2, 0.25) is 5.91 Å². The molecule has 0 spiro atoms. The third kappa shape index (κ3) is 4.61. The SMILES string of the molecule is CCC(C)CSCC(=O)N(C)c1ccc(N)cc1. The van der Waals surface area contributed by atoms with Gasteiger partial charge in [0.1, 0.15) is 0 Å². The van der Waals surface area contributed by atoms with Crippen LogP contribution in [0.15, 0.2) is 24.3 Å². The third-order valence-electron chi connectivity index (χ3n) is 2.98. The molecule has 18 heavy (non-hydrogen) atoms. The van der Waals surface area contributed by atoms with Gasteiger partial charge in [0.15, 0.2) is 0 Å². The number of benzene rings is 1. The molecule has 0 saturated carbocycles. The molecule has 3 nitrogen and oxygen atoms in total. The molecule has 0 bridgehead atoms. The predicted octanol–water partition coefficient (Wildman–Crippen LogP) is 3.01. The summed E-state index contributed by atoms with van der Waals surface area (Å²) in [5.74, 6) is 2.38. The van der Waals surface area contributed by atoms with Crippen LogP contribution >= 0.6 is 11.8 Å². The summed E-state index contributed by atoms with van der Waals surface area (Å²) in [6.45, 7) is 4.38. The molecule has 0 saturated heterocycles. The summed E-state index contributed by atoms with van der Waals surface area (Å²) >= 11 is 1.70. The molecular weight excluding hydrogens is 244 g/mol. The Hall–Kier alpha value is -1.16. The molecule has 2 N–H and O–H groups in total. The van der Waals surface area contributed by atoms with E-state index >= 15 is 0 Å². The Morgan fingerprint density at radius 2 is 2.00 bits per heavy atom. The number of nitrogens with zero attached hydrogens (tertiary/aromatic N) is 1. The second kappa shape index (κ2) is 7.31. The minimum Gasteiger partial charge on any atom is -0.399 e. The molecule has 1 unspecified atom stereocenters. The molecule has 100 valence electrons. The monoisotopic (exact) mass is 266 g/mol. The molecule has 0 fully saturated rings. The largest absolute Gasteiger partial charge is 0.399 e.